The van der Waals surface area contributed by atoms with Crippen molar-refractivity contribution < 1.29 is 9.72 Å². The summed E-state index contributed by atoms with van der Waals surface area (Å²) >= 11 is 0. The summed E-state index contributed by atoms with van der Waals surface area (Å²) in [7, 11) is 0. The number of non-ortho nitro benzene ring substituents is 1. The highest BCUT2D eigenvalue weighted by molar-refractivity contribution is 5.90. The second-order valence-corrected chi connectivity index (χ2v) is 6.62. The van der Waals surface area contributed by atoms with Crippen molar-refractivity contribution in [2.75, 3.05) is 29.9 Å². The number of nitro benzene ring substituents is 1. The van der Waals surface area contributed by atoms with Crippen LogP contribution in [0, 0.1) is 24.0 Å². The molecule has 0 aromatic heterocycles. The molecule has 0 saturated carbocycles. The number of hydrogen-bond donors (Lipinski definition) is 2. The van der Waals surface area contributed by atoms with Gasteiger partial charge in [0, 0.05) is 42.2 Å². The number of nitro groups is 1. The van der Waals surface area contributed by atoms with Gasteiger partial charge < -0.3 is 10.2 Å². The fourth-order valence-electron chi connectivity index (χ4n) is 2.86. The Morgan fingerprint density at radius 2 is 1.86 bits per heavy atom. The summed E-state index contributed by atoms with van der Waals surface area (Å²) in [5.74, 6) is -0.311. The third-order valence-corrected chi connectivity index (χ3v) is 4.68. The molecule has 0 aliphatic carbocycles. The van der Waals surface area contributed by atoms with E-state index in [9.17, 15) is 14.9 Å². The standard InChI is InChI=1S/C21H27N5O3/c1-5-25(6-2)20-10-9-19(26(28)29)12-17(20)13-23-24-21(27)14-22-18-8-7-15(3)16(4)11-18/h7-13,22H,5-6,14H2,1-4H3,(H,24,27)/b23-13-. The molecule has 154 valence electrons. The average Bonchev–Trinajstić information content (AvgIpc) is 2.70. The van der Waals surface area contributed by atoms with Crippen molar-refractivity contribution in [2.24, 2.45) is 5.10 Å². The van der Waals surface area contributed by atoms with E-state index >= 15 is 0 Å². The first-order chi connectivity index (χ1) is 13.8. The van der Waals surface area contributed by atoms with Crippen molar-refractivity contribution in [3.63, 3.8) is 0 Å². The number of carbonyl (C=O) groups excluding carboxylic acids is 1. The van der Waals surface area contributed by atoms with Gasteiger partial charge in [0.15, 0.2) is 0 Å². The highest BCUT2D eigenvalue weighted by atomic mass is 16.6. The monoisotopic (exact) mass is 397 g/mol. The van der Waals surface area contributed by atoms with E-state index in [-0.39, 0.29) is 18.1 Å². The molecule has 2 rings (SSSR count). The number of carbonyl (C=O) groups is 1. The first-order valence-corrected chi connectivity index (χ1v) is 9.52. The van der Waals surface area contributed by atoms with Crippen molar-refractivity contribution in [2.45, 2.75) is 27.7 Å². The topological polar surface area (TPSA) is 99.9 Å². The second kappa shape index (κ2) is 10.2. The molecule has 29 heavy (non-hydrogen) atoms. The number of aryl methyl sites for hydroxylation is 2. The fourth-order valence-corrected chi connectivity index (χ4v) is 2.86. The largest absolute Gasteiger partial charge is 0.376 e. The zero-order chi connectivity index (χ0) is 21.4. The van der Waals surface area contributed by atoms with Gasteiger partial charge in [-0.3, -0.25) is 14.9 Å². The number of hydrazone groups is 1. The van der Waals surface area contributed by atoms with E-state index in [0.717, 1.165) is 30.0 Å². The molecule has 8 heteroatoms. The first-order valence-electron chi connectivity index (χ1n) is 9.52. The zero-order valence-electron chi connectivity index (χ0n) is 17.2. The number of nitrogens with zero attached hydrogens (tertiary/aromatic N) is 3. The number of rotatable bonds is 9. The van der Waals surface area contributed by atoms with Crippen LogP contribution in [0.5, 0.6) is 0 Å². The third kappa shape index (κ3) is 6.03. The molecule has 0 saturated heterocycles. The Labute approximate surface area is 170 Å². The molecule has 0 radical (unpaired) electrons. The van der Waals surface area contributed by atoms with Crippen LogP contribution in [0.25, 0.3) is 0 Å². The minimum Gasteiger partial charge on any atom is -0.376 e. The van der Waals surface area contributed by atoms with Crippen LogP contribution in [-0.2, 0) is 4.79 Å². The number of nitrogens with one attached hydrogen (secondary N) is 2. The van der Waals surface area contributed by atoms with E-state index in [1.807, 2.05) is 45.9 Å². The maximum absolute atomic E-state index is 12.1. The summed E-state index contributed by atoms with van der Waals surface area (Å²) in [5, 5.41) is 18.1. The predicted octanol–water partition coefficient (Wildman–Crippen LogP) is 3.62. The lowest BCUT2D eigenvalue weighted by Crippen LogP contribution is -2.26. The van der Waals surface area contributed by atoms with Gasteiger partial charge in [-0.05, 0) is 57.0 Å². The third-order valence-electron chi connectivity index (χ3n) is 4.68. The molecule has 0 aliphatic heterocycles. The van der Waals surface area contributed by atoms with Gasteiger partial charge in [0.05, 0.1) is 17.7 Å². The first kappa shape index (κ1) is 21.9. The Balaban J connectivity index is 2.05. The number of anilines is 2. The summed E-state index contributed by atoms with van der Waals surface area (Å²) in [6.07, 6.45) is 1.44. The van der Waals surface area contributed by atoms with E-state index in [1.54, 1.807) is 6.07 Å². The fraction of sp³-hybridized carbons (Fsp3) is 0.333. The molecule has 1 amide bonds. The Bertz CT molecular complexity index is 907. The zero-order valence-corrected chi connectivity index (χ0v) is 17.2. The van der Waals surface area contributed by atoms with Gasteiger partial charge in [-0.15, -0.1) is 0 Å². The van der Waals surface area contributed by atoms with Crippen molar-refractivity contribution in [1.29, 1.82) is 0 Å². The van der Waals surface area contributed by atoms with E-state index in [4.69, 9.17) is 0 Å². The molecule has 0 bridgehead atoms. The maximum Gasteiger partial charge on any atom is 0.270 e. The molecular formula is C21H27N5O3. The highest BCUT2D eigenvalue weighted by Crippen LogP contribution is 2.24. The van der Waals surface area contributed by atoms with Gasteiger partial charge >= 0.3 is 0 Å². The highest BCUT2D eigenvalue weighted by Gasteiger charge is 2.13. The Morgan fingerprint density at radius 3 is 2.48 bits per heavy atom. The van der Waals surface area contributed by atoms with Gasteiger partial charge in [0.2, 0.25) is 0 Å². The van der Waals surface area contributed by atoms with Crippen LogP contribution in [0.1, 0.15) is 30.5 Å². The number of benzene rings is 2. The quantitative estimate of drug-likeness (QED) is 0.382. The summed E-state index contributed by atoms with van der Waals surface area (Å²) in [5.41, 5.74) is 7.02. The molecule has 0 spiro atoms. The van der Waals surface area contributed by atoms with Gasteiger partial charge in [-0.2, -0.15) is 5.10 Å². The normalized spacial score (nSPS) is 10.8. The second-order valence-electron chi connectivity index (χ2n) is 6.62. The molecule has 2 aromatic carbocycles. The van der Waals surface area contributed by atoms with Crippen LogP contribution in [-0.4, -0.2) is 36.7 Å². The lowest BCUT2D eigenvalue weighted by molar-refractivity contribution is -0.384. The van der Waals surface area contributed by atoms with E-state index in [2.05, 4.69) is 20.7 Å². The Morgan fingerprint density at radius 1 is 1.14 bits per heavy atom. The van der Waals surface area contributed by atoms with Gasteiger partial charge in [0.1, 0.15) is 0 Å². The van der Waals surface area contributed by atoms with E-state index < -0.39 is 4.92 Å². The van der Waals surface area contributed by atoms with Gasteiger partial charge in [-0.25, -0.2) is 5.43 Å². The van der Waals surface area contributed by atoms with Gasteiger partial charge in [-0.1, -0.05) is 6.07 Å². The van der Waals surface area contributed by atoms with Crippen LogP contribution >= 0.6 is 0 Å². The van der Waals surface area contributed by atoms with Crippen molar-refractivity contribution in [3.05, 3.63) is 63.2 Å². The van der Waals surface area contributed by atoms with Crippen molar-refractivity contribution in [1.82, 2.24) is 5.43 Å². The molecule has 2 aromatic rings. The van der Waals surface area contributed by atoms with E-state index in [1.165, 1.54) is 23.9 Å². The molecule has 0 heterocycles. The van der Waals surface area contributed by atoms with Gasteiger partial charge in [0.25, 0.3) is 11.6 Å². The van der Waals surface area contributed by atoms with Crippen LogP contribution < -0.4 is 15.6 Å². The SMILES string of the molecule is CCN(CC)c1ccc([N+](=O)[O-])cc1/C=N\NC(=O)CNc1ccc(C)c(C)c1. The summed E-state index contributed by atoms with van der Waals surface area (Å²) in [4.78, 5) is 24.8. The molecule has 0 aliphatic rings. The minimum atomic E-state index is -0.449. The lowest BCUT2D eigenvalue weighted by atomic mass is 10.1. The molecule has 8 nitrogen and oxygen atoms in total. The maximum atomic E-state index is 12.1. The molecule has 0 atom stereocenters. The Kier molecular flexibility index (Phi) is 7.70. The molecule has 0 unspecified atom stereocenters. The summed E-state index contributed by atoms with van der Waals surface area (Å²) < 4.78 is 0. The van der Waals surface area contributed by atoms with E-state index in [0.29, 0.717) is 5.56 Å². The summed E-state index contributed by atoms with van der Waals surface area (Å²) in [6, 6.07) is 10.5. The summed E-state index contributed by atoms with van der Waals surface area (Å²) in [6.45, 7) is 9.62. The molecule has 0 fully saturated rings. The lowest BCUT2D eigenvalue weighted by Gasteiger charge is -2.22. The minimum absolute atomic E-state index is 0.0231. The smallest absolute Gasteiger partial charge is 0.270 e. The van der Waals surface area contributed by atoms with Crippen LogP contribution in [0.3, 0.4) is 0 Å². The average molecular weight is 397 g/mol. The Hall–Kier alpha value is -3.42. The van der Waals surface area contributed by atoms with Crippen LogP contribution in [0.15, 0.2) is 41.5 Å². The van der Waals surface area contributed by atoms with Crippen LogP contribution in [0.2, 0.25) is 0 Å². The number of hydrogen-bond acceptors (Lipinski definition) is 6. The molecular weight excluding hydrogens is 370 g/mol. The number of amides is 1. The van der Waals surface area contributed by atoms with Crippen LogP contribution in [0.4, 0.5) is 17.1 Å². The molecule has 2 N–H and O–H groups in total. The van der Waals surface area contributed by atoms with Crippen molar-refractivity contribution >= 4 is 29.2 Å². The van der Waals surface area contributed by atoms with Crippen molar-refractivity contribution in [3.8, 4) is 0 Å². The predicted molar refractivity (Wildman–Crippen MR) is 117 cm³/mol.